The van der Waals surface area contributed by atoms with Crippen LogP contribution in [0.3, 0.4) is 0 Å². The summed E-state index contributed by atoms with van der Waals surface area (Å²) in [5, 5.41) is 21.2. The number of nitro groups is 1. The van der Waals surface area contributed by atoms with Crippen LogP contribution >= 0.6 is 24.0 Å². The first-order chi connectivity index (χ1) is 14.5. The van der Waals surface area contributed by atoms with Crippen molar-refractivity contribution in [2.75, 3.05) is 33.4 Å². The van der Waals surface area contributed by atoms with Gasteiger partial charge in [0, 0.05) is 38.2 Å². The minimum atomic E-state index is -0.460. The third-order valence-electron chi connectivity index (χ3n) is 4.85. The Labute approximate surface area is 198 Å². The van der Waals surface area contributed by atoms with E-state index in [1.165, 1.54) is 17.1 Å². The van der Waals surface area contributed by atoms with Gasteiger partial charge < -0.3 is 20.1 Å². The number of halogens is 1. The van der Waals surface area contributed by atoms with Gasteiger partial charge in [-0.1, -0.05) is 12.1 Å². The number of guanidine groups is 1. The monoisotopic (exact) mass is 544 g/mol. The zero-order valence-corrected chi connectivity index (χ0v) is 20.1. The number of hydrogen-bond donors (Lipinski definition) is 2. The van der Waals surface area contributed by atoms with Crippen molar-refractivity contribution in [3.8, 4) is 5.75 Å². The predicted molar refractivity (Wildman–Crippen MR) is 128 cm³/mol. The lowest BCUT2D eigenvalue weighted by Crippen LogP contribution is -2.38. The van der Waals surface area contributed by atoms with E-state index < -0.39 is 4.92 Å². The largest absolute Gasteiger partial charge is 0.493 e. The molecule has 31 heavy (non-hydrogen) atoms. The molecule has 0 bridgehead atoms. The van der Waals surface area contributed by atoms with Gasteiger partial charge in [0.1, 0.15) is 18.1 Å². The Bertz CT molecular complexity index is 882. The minimum absolute atomic E-state index is 0. The van der Waals surface area contributed by atoms with E-state index in [4.69, 9.17) is 9.47 Å². The summed E-state index contributed by atoms with van der Waals surface area (Å²) in [5.41, 5.74) is 2.17. The van der Waals surface area contributed by atoms with Gasteiger partial charge in [0.25, 0.3) is 0 Å². The molecule has 1 aliphatic heterocycles. The molecule has 0 saturated carbocycles. The van der Waals surface area contributed by atoms with Crippen molar-refractivity contribution < 1.29 is 14.4 Å². The van der Waals surface area contributed by atoms with Gasteiger partial charge in [-0.15, -0.1) is 24.0 Å². The summed E-state index contributed by atoms with van der Waals surface area (Å²) in [4.78, 5) is 14.5. The first-order valence-corrected chi connectivity index (χ1v) is 9.96. The van der Waals surface area contributed by atoms with E-state index in [1.807, 2.05) is 13.0 Å². The van der Waals surface area contributed by atoms with E-state index in [1.54, 1.807) is 7.05 Å². The maximum Gasteiger partial charge on any atom is 0.306 e. The number of aliphatic imine (C=N–C) groups is 1. The summed E-state index contributed by atoms with van der Waals surface area (Å²) in [5.74, 6) is 1.94. The molecule has 1 unspecified atom stereocenters. The zero-order valence-electron chi connectivity index (χ0n) is 17.7. The van der Waals surface area contributed by atoms with Crippen LogP contribution in [0.2, 0.25) is 0 Å². The first-order valence-electron chi connectivity index (χ1n) is 9.96. The molecule has 2 heterocycles. The molecular formula is C20H29IN6O4. The van der Waals surface area contributed by atoms with Crippen LogP contribution in [-0.2, 0) is 17.8 Å². The van der Waals surface area contributed by atoms with Crippen molar-refractivity contribution in [1.82, 2.24) is 20.4 Å². The van der Waals surface area contributed by atoms with E-state index in [2.05, 4.69) is 32.9 Å². The van der Waals surface area contributed by atoms with Gasteiger partial charge in [-0.25, -0.2) is 0 Å². The van der Waals surface area contributed by atoms with Crippen LogP contribution in [0.1, 0.15) is 17.5 Å². The van der Waals surface area contributed by atoms with Crippen molar-refractivity contribution in [2.45, 2.75) is 26.4 Å². The molecule has 1 atom stereocenters. The number of nitrogens with one attached hydrogen (secondary N) is 2. The lowest BCUT2D eigenvalue weighted by Gasteiger charge is -2.17. The summed E-state index contributed by atoms with van der Waals surface area (Å²) in [6.45, 7) is 5.83. The van der Waals surface area contributed by atoms with E-state index in [0.717, 1.165) is 36.5 Å². The topological polar surface area (TPSA) is 116 Å². The van der Waals surface area contributed by atoms with Crippen LogP contribution in [0.25, 0.3) is 0 Å². The number of aromatic nitrogens is 2. The molecule has 3 rings (SSSR count). The number of nitrogens with zero attached hydrogens (tertiary/aromatic N) is 4. The van der Waals surface area contributed by atoms with Crippen LogP contribution < -0.4 is 15.4 Å². The predicted octanol–water partition coefficient (Wildman–Crippen LogP) is 2.50. The van der Waals surface area contributed by atoms with Gasteiger partial charge in [0.2, 0.25) is 0 Å². The highest BCUT2D eigenvalue weighted by Gasteiger charge is 2.17. The maximum absolute atomic E-state index is 10.7. The molecule has 170 valence electrons. The molecule has 1 saturated heterocycles. The van der Waals surface area contributed by atoms with Crippen molar-refractivity contribution in [3.05, 3.63) is 51.8 Å². The molecule has 0 radical (unpaired) electrons. The lowest BCUT2D eigenvalue weighted by atomic mass is 10.1. The van der Waals surface area contributed by atoms with Crippen molar-refractivity contribution in [2.24, 2.45) is 10.9 Å². The number of aryl methyl sites for hydroxylation is 1. The van der Waals surface area contributed by atoms with Crippen LogP contribution in [-0.4, -0.2) is 54.1 Å². The summed E-state index contributed by atoms with van der Waals surface area (Å²) in [6, 6.07) is 6.16. The molecule has 10 nitrogen and oxygen atoms in total. The maximum atomic E-state index is 10.7. The van der Waals surface area contributed by atoms with Gasteiger partial charge >= 0.3 is 5.69 Å². The number of ether oxygens (including phenoxy) is 2. The number of benzene rings is 1. The fourth-order valence-electron chi connectivity index (χ4n) is 3.12. The second kappa shape index (κ2) is 12.4. The third kappa shape index (κ3) is 7.65. The standard InChI is InChI=1S/C20H28N6O4.HI/c1-15-3-4-17(19(9-15)30-14-16-5-8-29-13-16)10-23-20(21-2)22-6-7-25-12-18(11-24-25)26(27)28;/h3-4,9,11-12,16H,5-8,10,13-14H2,1-2H3,(H2,21,22,23);1H. The van der Waals surface area contributed by atoms with E-state index in [-0.39, 0.29) is 29.7 Å². The van der Waals surface area contributed by atoms with E-state index >= 15 is 0 Å². The van der Waals surface area contributed by atoms with Crippen LogP contribution in [0.5, 0.6) is 5.75 Å². The minimum Gasteiger partial charge on any atom is -0.493 e. The molecule has 1 fully saturated rings. The van der Waals surface area contributed by atoms with Gasteiger partial charge in [-0.05, 0) is 25.0 Å². The molecule has 2 aromatic rings. The summed E-state index contributed by atoms with van der Waals surface area (Å²) >= 11 is 0. The highest BCUT2D eigenvalue weighted by molar-refractivity contribution is 14.0. The summed E-state index contributed by atoms with van der Waals surface area (Å²) < 4.78 is 13.0. The average Bonchev–Trinajstić information content (AvgIpc) is 3.42. The Morgan fingerprint density at radius 2 is 2.29 bits per heavy atom. The second-order valence-corrected chi connectivity index (χ2v) is 7.22. The molecule has 0 amide bonds. The van der Waals surface area contributed by atoms with Crippen LogP contribution in [0.15, 0.2) is 35.6 Å². The zero-order chi connectivity index (χ0) is 21.3. The molecule has 1 aromatic carbocycles. The summed E-state index contributed by atoms with van der Waals surface area (Å²) in [7, 11) is 1.70. The lowest BCUT2D eigenvalue weighted by molar-refractivity contribution is -0.385. The molecule has 2 N–H and O–H groups in total. The summed E-state index contributed by atoms with van der Waals surface area (Å²) in [6.07, 6.45) is 3.68. The fraction of sp³-hybridized carbons (Fsp3) is 0.500. The Hall–Kier alpha value is -2.41. The van der Waals surface area contributed by atoms with Gasteiger partial charge in [-0.3, -0.25) is 19.8 Å². The van der Waals surface area contributed by atoms with Crippen LogP contribution in [0.4, 0.5) is 5.69 Å². The fourth-order valence-corrected chi connectivity index (χ4v) is 3.12. The normalized spacial score (nSPS) is 15.9. The van der Waals surface area contributed by atoms with Gasteiger partial charge in [0.05, 0.1) is 24.7 Å². The molecule has 1 aromatic heterocycles. The highest BCUT2D eigenvalue weighted by Crippen LogP contribution is 2.22. The smallest absolute Gasteiger partial charge is 0.306 e. The van der Waals surface area contributed by atoms with E-state index in [9.17, 15) is 10.1 Å². The Kier molecular flexibility index (Phi) is 9.98. The van der Waals surface area contributed by atoms with Gasteiger partial charge in [0.15, 0.2) is 5.96 Å². The van der Waals surface area contributed by atoms with Crippen molar-refractivity contribution >= 4 is 35.6 Å². The highest BCUT2D eigenvalue weighted by atomic mass is 127. The molecular weight excluding hydrogens is 515 g/mol. The van der Waals surface area contributed by atoms with Crippen molar-refractivity contribution in [3.63, 3.8) is 0 Å². The molecule has 0 spiro atoms. The Morgan fingerprint density at radius 1 is 1.45 bits per heavy atom. The number of rotatable bonds is 9. The first kappa shape index (κ1) is 24.9. The average molecular weight is 544 g/mol. The van der Waals surface area contributed by atoms with Crippen LogP contribution in [0, 0.1) is 23.0 Å². The molecule has 1 aliphatic rings. The Balaban J connectivity index is 0.00000341. The third-order valence-corrected chi connectivity index (χ3v) is 4.85. The van der Waals surface area contributed by atoms with Gasteiger partial charge in [-0.2, -0.15) is 5.10 Å². The Morgan fingerprint density at radius 3 is 2.97 bits per heavy atom. The molecule has 0 aliphatic carbocycles. The van der Waals surface area contributed by atoms with E-state index in [0.29, 0.717) is 38.1 Å². The second-order valence-electron chi connectivity index (χ2n) is 7.22. The SMILES string of the molecule is CN=C(NCCn1cc([N+](=O)[O-])cn1)NCc1ccc(C)cc1OCC1CCOC1.I. The quantitative estimate of drug-likeness (QED) is 0.164. The molecule has 11 heteroatoms. The number of hydrogen-bond acceptors (Lipinski definition) is 6. The van der Waals surface area contributed by atoms with Crippen molar-refractivity contribution in [1.29, 1.82) is 0 Å².